The molecule has 1 aliphatic carbocycles. The quantitative estimate of drug-likeness (QED) is 0.825. The third-order valence-electron chi connectivity index (χ3n) is 3.49. The fraction of sp³-hybridized carbons (Fsp3) is 0.500. The standard InChI is InChI=1S/C14H19NO/c1-10-6-7-13(8-11(10)2)15-14(16)9-12-4-3-5-12/h6-8,12H,3-5,9H2,1-2H3,(H,15,16). The lowest BCUT2D eigenvalue weighted by molar-refractivity contribution is -0.117. The first kappa shape index (κ1) is 11.2. The van der Waals surface area contributed by atoms with E-state index < -0.39 is 0 Å². The Balaban J connectivity index is 1.92. The van der Waals surface area contributed by atoms with Crippen LogP contribution in [0.15, 0.2) is 18.2 Å². The molecular weight excluding hydrogens is 198 g/mol. The van der Waals surface area contributed by atoms with Crippen LogP contribution in [-0.2, 0) is 4.79 Å². The third kappa shape index (κ3) is 2.63. The van der Waals surface area contributed by atoms with Crippen LogP contribution >= 0.6 is 0 Å². The highest BCUT2D eigenvalue weighted by molar-refractivity contribution is 5.91. The molecule has 1 saturated carbocycles. The Morgan fingerprint density at radius 1 is 1.31 bits per heavy atom. The monoisotopic (exact) mass is 217 g/mol. The van der Waals surface area contributed by atoms with Crippen molar-refractivity contribution in [2.45, 2.75) is 39.5 Å². The van der Waals surface area contributed by atoms with E-state index in [1.165, 1.54) is 30.4 Å². The topological polar surface area (TPSA) is 29.1 Å². The Labute approximate surface area is 97.1 Å². The van der Waals surface area contributed by atoms with E-state index in [1.54, 1.807) is 0 Å². The van der Waals surface area contributed by atoms with Crippen LogP contribution in [0.1, 0.15) is 36.8 Å². The molecule has 1 aromatic rings. The van der Waals surface area contributed by atoms with Gasteiger partial charge in [0.2, 0.25) is 5.91 Å². The molecule has 2 nitrogen and oxygen atoms in total. The van der Waals surface area contributed by atoms with Crippen LogP contribution in [0.2, 0.25) is 0 Å². The molecule has 0 radical (unpaired) electrons. The molecule has 16 heavy (non-hydrogen) atoms. The summed E-state index contributed by atoms with van der Waals surface area (Å²) < 4.78 is 0. The molecule has 2 heteroatoms. The normalized spacial score (nSPS) is 15.6. The van der Waals surface area contributed by atoms with Gasteiger partial charge in [-0.1, -0.05) is 12.5 Å². The zero-order valence-electron chi connectivity index (χ0n) is 10.0. The van der Waals surface area contributed by atoms with E-state index in [-0.39, 0.29) is 5.91 Å². The molecule has 86 valence electrons. The van der Waals surface area contributed by atoms with Crippen molar-refractivity contribution >= 4 is 11.6 Å². The first-order chi connectivity index (χ1) is 7.65. The largest absolute Gasteiger partial charge is 0.326 e. The number of hydrogen-bond acceptors (Lipinski definition) is 1. The molecule has 1 amide bonds. The van der Waals surface area contributed by atoms with Crippen molar-refractivity contribution in [2.75, 3.05) is 5.32 Å². The van der Waals surface area contributed by atoms with E-state index >= 15 is 0 Å². The lowest BCUT2D eigenvalue weighted by Gasteiger charge is -2.24. The fourth-order valence-electron chi connectivity index (χ4n) is 1.99. The smallest absolute Gasteiger partial charge is 0.224 e. The van der Waals surface area contributed by atoms with E-state index in [0.29, 0.717) is 12.3 Å². The number of nitrogens with one attached hydrogen (secondary N) is 1. The van der Waals surface area contributed by atoms with Crippen molar-refractivity contribution < 1.29 is 4.79 Å². The minimum atomic E-state index is 0.160. The summed E-state index contributed by atoms with van der Waals surface area (Å²) in [5.74, 6) is 0.791. The minimum Gasteiger partial charge on any atom is -0.326 e. The van der Waals surface area contributed by atoms with E-state index in [0.717, 1.165) is 5.69 Å². The van der Waals surface area contributed by atoms with Crippen molar-refractivity contribution in [1.82, 2.24) is 0 Å². The molecule has 0 aromatic heterocycles. The Kier molecular flexibility index (Phi) is 3.28. The molecule has 0 bridgehead atoms. The average molecular weight is 217 g/mol. The molecule has 2 rings (SSSR count). The molecule has 1 fully saturated rings. The van der Waals surface area contributed by atoms with Crippen molar-refractivity contribution in [3.8, 4) is 0 Å². The zero-order valence-corrected chi connectivity index (χ0v) is 10.0. The Hall–Kier alpha value is -1.31. The van der Waals surface area contributed by atoms with Crippen molar-refractivity contribution in [1.29, 1.82) is 0 Å². The van der Waals surface area contributed by atoms with Gasteiger partial charge in [0.15, 0.2) is 0 Å². The summed E-state index contributed by atoms with van der Waals surface area (Å²) in [6.07, 6.45) is 4.43. The first-order valence-corrected chi connectivity index (χ1v) is 6.02. The third-order valence-corrected chi connectivity index (χ3v) is 3.49. The zero-order chi connectivity index (χ0) is 11.5. The van der Waals surface area contributed by atoms with Crippen LogP contribution in [0.5, 0.6) is 0 Å². The Bertz CT molecular complexity index is 394. The van der Waals surface area contributed by atoms with Gasteiger partial charge in [-0.05, 0) is 55.9 Å². The number of hydrogen-bond donors (Lipinski definition) is 1. The predicted octanol–water partition coefficient (Wildman–Crippen LogP) is 3.43. The van der Waals surface area contributed by atoms with E-state index in [4.69, 9.17) is 0 Å². The fourth-order valence-corrected chi connectivity index (χ4v) is 1.99. The molecule has 1 aliphatic rings. The van der Waals surface area contributed by atoms with Crippen molar-refractivity contribution in [2.24, 2.45) is 5.92 Å². The highest BCUT2D eigenvalue weighted by Crippen LogP contribution is 2.29. The summed E-state index contributed by atoms with van der Waals surface area (Å²) in [5.41, 5.74) is 3.41. The molecule has 0 spiro atoms. The maximum absolute atomic E-state index is 11.7. The number of aryl methyl sites for hydroxylation is 2. The van der Waals surface area contributed by atoms with Crippen LogP contribution in [0.4, 0.5) is 5.69 Å². The maximum Gasteiger partial charge on any atom is 0.224 e. The average Bonchev–Trinajstić information content (AvgIpc) is 2.18. The number of amides is 1. The van der Waals surface area contributed by atoms with Crippen LogP contribution in [0.25, 0.3) is 0 Å². The molecule has 0 unspecified atom stereocenters. The van der Waals surface area contributed by atoms with Gasteiger partial charge in [-0.25, -0.2) is 0 Å². The second kappa shape index (κ2) is 4.69. The summed E-state index contributed by atoms with van der Waals surface area (Å²) in [4.78, 5) is 11.7. The van der Waals surface area contributed by atoms with Crippen LogP contribution in [-0.4, -0.2) is 5.91 Å². The number of anilines is 1. The maximum atomic E-state index is 11.7. The molecule has 0 heterocycles. The summed E-state index contributed by atoms with van der Waals surface area (Å²) >= 11 is 0. The summed E-state index contributed by atoms with van der Waals surface area (Å²) in [6.45, 7) is 4.15. The molecule has 1 aromatic carbocycles. The molecule has 1 N–H and O–H groups in total. The van der Waals surface area contributed by atoms with Gasteiger partial charge in [-0.3, -0.25) is 4.79 Å². The molecule has 0 atom stereocenters. The Morgan fingerprint density at radius 2 is 2.06 bits per heavy atom. The summed E-state index contributed by atoms with van der Waals surface area (Å²) in [7, 11) is 0. The highest BCUT2D eigenvalue weighted by atomic mass is 16.1. The second-order valence-electron chi connectivity index (χ2n) is 4.85. The minimum absolute atomic E-state index is 0.160. The van der Waals surface area contributed by atoms with E-state index in [9.17, 15) is 4.79 Å². The molecular formula is C14H19NO. The highest BCUT2D eigenvalue weighted by Gasteiger charge is 2.20. The second-order valence-corrected chi connectivity index (χ2v) is 4.85. The number of carbonyl (C=O) groups excluding carboxylic acids is 1. The van der Waals surface area contributed by atoms with Gasteiger partial charge in [0.1, 0.15) is 0 Å². The summed E-state index contributed by atoms with van der Waals surface area (Å²) in [6, 6.07) is 6.06. The predicted molar refractivity (Wildman–Crippen MR) is 66.5 cm³/mol. The summed E-state index contributed by atoms with van der Waals surface area (Å²) in [5, 5.41) is 2.97. The van der Waals surface area contributed by atoms with Crippen molar-refractivity contribution in [3.05, 3.63) is 29.3 Å². The van der Waals surface area contributed by atoms with Crippen LogP contribution < -0.4 is 5.32 Å². The van der Waals surface area contributed by atoms with Crippen molar-refractivity contribution in [3.63, 3.8) is 0 Å². The molecule has 0 saturated heterocycles. The van der Waals surface area contributed by atoms with E-state index in [2.05, 4.69) is 19.2 Å². The van der Waals surface area contributed by atoms with Crippen LogP contribution in [0.3, 0.4) is 0 Å². The number of carbonyl (C=O) groups is 1. The number of benzene rings is 1. The van der Waals surface area contributed by atoms with Gasteiger partial charge < -0.3 is 5.32 Å². The van der Waals surface area contributed by atoms with Gasteiger partial charge in [-0.2, -0.15) is 0 Å². The van der Waals surface area contributed by atoms with E-state index in [1.807, 2.05) is 18.2 Å². The van der Waals surface area contributed by atoms with Gasteiger partial charge in [0.05, 0.1) is 0 Å². The lowest BCUT2D eigenvalue weighted by atomic mass is 9.83. The van der Waals surface area contributed by atoms with Crippen LogP contribution in [0, 0.1) is 19.8 Å². The van der Waals surface area contributed by atoms with Gasteiger partial charge >= 0.3 is 0 Å². The SMILES string of the molecule is Cc1ccc(NC(=O)CC2CCC2)cc1C. The Morgan fingerprint density at radius 3 is 2.62 bits per heavy atom. The van der Waals surface area contributed by atoms with Gasteiger partial charge in [-0.15, -0.1) is 0 Å². The number of rotatable bonds is 3. The first-order valence-electron chi connectivity index (χ1n) is 6.02. The van der Waals surface area contributed by atoms with Gasteiger partial charge in [0, 0.05) is 12.1 Å². The molecule has 0 aliphatic heterocycles. The lowest BCUT2D eigenvalue weighted by Crippen LogP contribution is -2.20. The van der Waals surface area contributed by atoms with Gasteiger partial charge in [0.25, 0.3) is 0 Å².